The summed E-state index contributed by atoms with van der Waals surface area (Å²) in [5, 5.41) is 14.5. The zero-order chi connectivity index (χ0) is 45.8. The van der Waals surface area contributed by atoms with E-state index in [1.807, 2.05) is 57.4 Å². The van der Waals surface area contributed by atoms with Crippen molar-refractivity contribution in [1.29, 1.82) is 0 Å². The van der Waals surface area contributed by atoms with Crippen LogP contribution in [-0.2, 0) is 27.1 Å². The van der Waals surface area contributed by atoms with Crippen molar-refractivity contribution in [3.05, 3.63) is 130 Å². The summed E-state index contributed by atoms with van der Waals surface area (Å²) in [6, 6.07) is 32.4. The van der Waals surface area contributed by atoms with E-state index in [4.69, 9.17) is 14.0 Å². The Bertz CT molecular complexity index is 1980. The Morgan fingerprint density at radius 1 is 0.778 bits per heavy atom. The molecule has 0 aliphatic heterocycles. The van der Waals surface area contributed by atoms with Crippen LogP contribution in [-0.4, -0.2) is 95.8 Å². The number of aryl methyl sites for hydroxylation is 2. The molecule has 4 aromatic carbocycles. The van der Waals surface area contributed by atoms with E-state index in [2.05, 4.69) is 80.4 Å². The average molecular weight is 889 g/mol. The van der Waals surface area contributed by atoms with Crippen LogP contribution in [0.1, 0.15) is 118 Å². The van der Waals surface area contributed by atoms with Gasteiger partial charge in [0.1, 0.15) is 18.0 Å². The summed E-state index contributed by atoms with van der Waals surface area (Å²) >= 11 is 0. The first kappa shape index (κ1) is 51.7. The van der Waals surface area contributed by atoms with E-state index < -0.39 is 19.9 Å². The molecule has 0 spiro atoms. The highest BCUT2D eigenvalue weighted by Gasteiger charge is 2.29. The number of esters is 1. The molecule has 0 heterocycles. The first-order valence-electron chi connectivity index (χ1n) is 22.8. The second-order valence-corrected chi connectivity index (χ2v) is 19.2. The summed E-state index contributed by atoms with van der Waals surface area (Å²) in [6.45, 7) is 14.5. The van der Waals surface area contributed by atoms with Crippen LogP contribution in [0.2, 0.25) is 0 Å². The van der Waals surface area contributed by atoms with Gasteiger partial charge in [-0.3, -0.25) is 14.7 Å². The molecule has 0 bridgehead atoms. The Morgan fingerprint density at radius 3 is 2.08 bits per heavy atom. The minimum Gasteiger partial charge on any atom is -0.422 e. The topological polar surface area (TPSA) is 138 Å². The maximum atomic E-state index is 13.8. The van der Waals surface area contributed by atoms with Gasteiger partial charge in [0.25, 0.3) is 0 Å². The fourth-order valence-corrected chi connectivity index (χ4v) is 8.66. The highest BCUT2D eigenvalue weighted by molar-refractivity contribution is 7.46. The van der Waals surface area contributed by atoms with E-state index >= 15 is 0 Å². The minimum atomic E-state index is -4.90. The van der Waals surface area contributed by atoms with Crippen LogP contribution in [0.25, 0.3) is 0 Å². The molecule has 0 fully saturated rings. The standard InChI is InChI=1S/C51H74N3O8P/c1-39(2)53(40(3)4)31-29-46(43-23-14-11-15-24-43)47-34-41(5)25-27-50(47)61-51(56)38-54(6,7)37-45-35-44(26-28-49(45)62-63(57,58)59)48(55)36-52-30-17-8-9-18-32-60-33-19-16-22-42-20-12-10-13-21-42/h10-15,20-21,23-28,34-35,39-40,46,48,52,55H,8-9,16-19,22,29-33,36-38H2,1-7H3,(H-,57,58,59)/p+1. The van der Waals surface area contributed by atoms with Crippen molar-refractivity contribution in [2.45, 2.75) is 117 Å². The van der Waals surface area contributed by atoms with Crippen LogP contribution in [0.5, 0.6) is 11.5 Å². The number of likely N-dealkylation sites (N-methyl/N-ethyl adjacent to an activating group) is 1. The van der Waals surface area contributed by atoms with Crippen LogP contribution in [0.4, 0.5) is 0 Å². The maximum absolute atomic E-state index is 13.8. The molecule has 2 atom stereocenters. The summed E-state index contributed by atoms with van der Waals surface area (Å²) < 4.78 is 29.2. The van der Waals surface area contributed by atoms with Crippen LogP contribution >= 0.6 is 7.82 Å². The summed E-state index contributed by atoms with van der Waals surface area (Å²) in [5.74, 6) is 0.0513. The Hall–Kier alpha value is -3.90. The molecule has 12 heteroatoms. The second-order valence-electron chi connectivity index (χ2n) is 18.1. The highest BCUT2D eigenvalue weighted by atomic mass is 31.2. The first-order valence-corrected chi connectivity index (χ1v) is 24.4. The summed E-state index contributed by atoms with van der Waals surface area (Å²) in [7, 11) is -1.20. The van der Waals surface area contributed by atoms with Gasteiger partial charge in [0, 0.05) is 48.9 Å². The third-order valence-electron chi connectivity index (χ3n) is 11.4. The predicted octanol–water partition coefficient (Wildman–Crippen LogP) is 9.51. The molecule has 63 heavy (non-hydrogen) atoms. The van der Waals surface area contributed by atoms with Crippen LogP contribution in [0, 0.1) is 6.92 Å². The first-order chi connectivity index (χ1) is 30.0. The monoisotopic (exact) mass is 889 g/mol. The third kappa shape index (κ3) is 19.0. The average Bonchev–Trinajstić information content (AvgIpc) is 3.22. The van der Waals surface area contributed by atoms with Gasteiger partial charge in [-0.05, 0) is 121 Å². The summed E-state index contributed by atoms with van der Waals surface area (Å²) in [4.78, 5) is 35.8. The summed E-state index contributed by atoms with van der Waals surface area (Å²) in [5.41, 5.74) is 5.56. The normalized spacial score (nSPS) is 13.2. The fraction of sp³-hybridized carbons (Fsp3) is 0.510. The fourth-order valence-electron chi connectivity index (χ4n) is 8.22. The van der Waals surface area contributed by atoms with Gasteiger partial charge in [-0.2, -0.15) is 0 Å². The lowest BCUT2D eigenvalue weighted by Gasteiger charge is -2.32. The largest absolute Gasteiger partial charge is 0.524 e. The van der Waals surface area contributed by atoms with Crippen molar-refractivity contribution in [2.75, 3.05) is 53.5 Å². The molecule has 0 radical (unpaired) electrons. The lowest BCUT2D eigenvalue weighted by molar-refractivity contribution is -0.896. The van der Waals surface area contributed by atoms with Gasteiger partial charge in [0.05, 0.1) is 20.2 Å². The van der Waals surface area contributed by atoms with Gasteiger partial charge in [-0.25, -0.2) is 9.36 Å². The van der Waals surface area contributed by atoms with E-state index in [1.165, 1.54) is 11.6 Å². The van der Waals surface area contributed by atoms with Crippen molar-refractivity contribution in [3.8, 4) is 11.5 Å². The van der Waals surface area contributed by atoms with E-state index in [1.54, 1.807) is 12.1 Å². The Balaban J connectivity index is 1.32. The molecule has 4 aromatic rings. The maximum Gasteiger partial charge on any atom is 0.524 e. The zero-order valence-electron chi connectivity index (χ0n) is 38.9. The van der Waals surface area contributed by atoms with Gasteiger partial charge in [0.15, 0.2) is 6.54 Å². The SMILES string of the molecule is Cc1ccc(OC(=O)C[N+](C)(C)Cc2cc(C(O)CNCCCCCCOCCCCc3ccccc3)ccc2OP(=O)(O)O)c(C(CCN(C(C)C)C(C)C)c2ccccc2)c1. The molecule has 0 aliphatic carbocycles. The van der Waals surface area contributed by atoms with Crippen molar-refractivity contribution in [2.24, 2.45) is 0 Å². The number of hydrogen-bond acceptors (Lipinski definition) is 8. The zero-order valence-corrected chi connectivity index (χ0v) is 39.8. The van der Waals surface area contributed by atoms with Crippen LogP contribution in [0.15, 0.2) is 97.1 Å². The third-order valence-corrected chi connectivity index (χ3v) is 11.8. The number of aliphatic hydroxyl groups is 1. The number of phosphoric ester groups is 1. The van der Waals surface area contributed by atoms with Crippen LogP contribution < -0.4 is 14.6 Å². The van der Waals surface area contributed by atoms with Gasteiger partial charge in [0.2, 0.25) is 0 Å². The van der Waals surface area contributed by atoms with Crippen molar-refractivity contribution >= 4 is 13.8 Å². The Kier molecular flexibility index (Phi) is 21.5. The molecule has 11 nitrogen and oxygen atoms in total. The molecule has 0 aliphatic rings. The minimum absolute atomic E-state index is 0.00802. The Labute approximate surface area is 377 Å². The molecule has 0 saturated heterocycles. The molecule has 0 amide bonds. The van der Waals surface area contributed by atoms with Gasteiger partial charge >= 0.3 is 13.8 Å². The molecule has 2 unspecified atom stereocenters. The highest BCUT2D eigenvalue weighted by Crippen LogP contribution is 2.41. The summed E-state index contributed by atoms with van der Waals surface area (Å²) in [6.07, 6.45) is 7.39. The van der Waals surface area contributed by atoms with Crippen molar-refractivity contribution in [3.63, 3.8) is 0 Å². The Morgan fingerprint density at radius 2 is 1.41 bits per heavy atom. The van der Waals surface area contributed by atoms with E-state index in [9.17, 15) is 24.3 Å². The number of unbranched alkanes of at least 4 members (excludes halogenated alkanes) is 4. The number of nitrogens with one attached hydrogen (secondary N) is 1. The number of carbonyl (C=O) groups excluding carboxylic acids is 1. The number of aliphatic hydroxyl groups excluding tert-OH is 1. The number of carbonyl (C=O) groups is 1. The number of rotatable bonds is 29. The number of benzene rings is 4. The molecule has 0 saturated carbocycles. The second kappa shape index (κ2) is 26.2. The smallest absolute Gasteiger partial charge is 0.422 e. The van der Waals surface area contributed by atoms with Crippen molar-refractivity contribution in [1.82, 2.24) is 10.2 Å². The lowest BCUT2D eigenvalue weighted by Crippen LogP contribution is -2.44. The van der Waals surface area contributed by atoms with Crippen LogP contribution in [0.3, 0.4) is 0 Å². The molecule has 4 N–H and O–H groups in total. The van der Waals surface area contributed by atoms with Gasteiger partial charge in [-0.15, -0.1) is 0 Å². The van der Waals surface area contributed by atoms with E-state index in [0.29, 0.717) is 35.5 Å². The van der Waals surface area contributed by atoms with E-state index in [0.717, 1.165) is 94.4 Å². The van der Waals surface area contributed by atoms with E-state index in [-0.39, 0.29) is 29.2 Å². The molecule has 346 valence electrons. The molecule has 4 rings (SSSR count). The quantitative estimate of drug-likeness (QED) is 0.0137. The number of ether oxygens (including phenoxy) is 2. The number of hydrogen-bond donors (Lipinski definition) is 4. The lowest BCUT2D eigenvalue weighted by atomic mass is 9.86. The number of quaternary nitrogens is 1. The van der Waals surface area contributed by atoms with Crippen molar-refractivity contribution < 1.29 is 42.7 Å². The molecular weight excluding hydrogens is 814 g/mol. The molecular formula is C51H75N3O8P+. The van der Waals surface area contributed by atoms with Gasteiger partial charge < -0.3 is 28.9 Å². The molecule has 0 aromatic heterocycles. The number of phosphoric acid groups is 1. The predicted molar refractivity (Wildman–Crippen MR) is 253 cm³/mol. The van der Waals surface area contributed by atoms with Gasteiger partial charge in [-0.1, -0.05) is 97.3 Å². The number of nitrogens with zero attached hydrogens (tertiary/aromatic N) is 2.